The second-order valence-corrected chi connectivity index (χ2v) is 4.17. The van der Waals surface area contributed by atoms with Gasteiger partial charge in [-0.1, -0.05) is 48.0 Å². The number of ketones is 1. The largest absolute Gasteiger partial charge is 0.295 e. The van der Waals surface area contributed by atoms with Gasteiger partial charge in [0.2, 0.25) is 0 Å². The average Bonchev–Trinajstić information content (AvgIpc) is 2.36. The summed E-state index contributed by atoms with van der Waals surface area (Å²) in [4.78, 5) is 10.6. The summed E-state index contributed by atoms with van der Waals surface area (Å²) < 4.78 is 12.5. The first-order valence-electron chi connectivity index (χ1n) is 5.79. The van der Waals surface area contributed by atoms with E-state index >= 15 is 0 Å². The summed E-state index contributed by atoms with van der Waals surface area (Å²) in [5.74, 6) is -0.00352. The predicted molar refractivity (Wildman–Crippen MR) is 72.3 cm³/mol. The fraction of sp³-hybridized carbons (Fsp3) is 0.188. The van der Waals surface area contributed by atoms with Crippen LogP contribution in [0.25, 0.3) is 0 Å². The lowest BCUT2D eigenvalue weighted by Gasteiger charge is -1.95. The van der Waals surface area contributed by atoms with Crippen molar-refractivity contribution in [3.05, 3.63) is 71.0 Å². The minimum atomic E-state index is -0.124. The number of halogens is 1. The maximum Gasteiger partial charge on any atom is 0.159 e. The molecule has 2 heteroatoms. The molecule has 0 saturated carbocycles. The Hall–Kier alpha value is -1.96. The molecule has 0 spiro atoms. The van der Waals surface area contributed by atoms with E-state index in [9.17, 15) is 9.18 Å². The van der Waals surface area contributed by atoms with Gasteiger partial charge in [0.05, 0.1) is 0 Å². The summed E-state index contributed by atoms with van der Waals surface area (Å²) in [7, 11) is 0. The number of carbonyl (C=O) groups excluding carboxylic acids is 1. The van der Waals surface area contributed by atoms with Crippen molar-refractivity contribution < 1.29 is 9.18 Å². The third-order valence-corrected chi connectivity index (χ3v) is 2.49. The molecule has 0 heterocycles. The summed E-state index contributed by atoms with van der Waals surface area (Å²) in [5.41, 5.74) is 2.60. The van der Waals surface area contributed by atoms with Crippen molar-refractivity contribution in [1.29, 1.82) is 0 Å². The Morgan fingerprint density at radius 3 is 2.00 bits per heavy atom. The van der Waals surface area contributed by atoms with Gasteiger partial charge < -0.3 is 0 Å². The van der Waals surface area contributed by atoms with E-state index in [4.69, 9.17) is 0 Å². The molecule has 0 aromatic heterocycles. The van der Waals surface area contributed by atoms with E-state index in [2.05, 4.69) is 0 Å². The van der Waals surface area contributed by atoms with E-state index < -0.39 is 0 Å². The average molecular weight is 244 g/mol. The third-order valence-electron chi connectivity index (χ3n) is 2.49. The Morgan fingerprint density at radius 1 is 1.00 bits per heavy atom. The van der Waals surface area contributed by atoms with Crippen LogP contribution < -0.4 is 0 Å². The van der Waals surface area contributed by atoms with Gasteiger partial charge in [0, 0.05) is 5.56 Å². The minimum absolute atomic E-state index is 0.121. The summed E-state index contributed by atoms with van der Waals surface area (Å²) in [5, 5.41) is 0. The lowest BCUT2D eigenvalue weighted by Crippen LogP contribution is -1.88. The van der Waals surface area contributed by atoms with Crippen LogP contribution in [-0.2, 0) is 0 Å². The highest BCUT2D eigenvalue weighted by atomic mass is 19.1. The Balaban J connectivity index is 0.000000180. The van der Waals surface area contributed by atoms with E-state index in [1.807, 2.05) is 43.3 Å². The number of Topliss-reactive ketones (excluding diaryl/α,β-unsaturated/α-hetero) is 1. The van der Waals surface area contributed by atoms with E-state index in [-0.39, 0.29) is 11.6 Å². The molecule has 0 atom stereocenters. The van der Waals surface area contributed by atoms with Gasteiger partial charge in [0.15, 0.2) is 5.78 Å². The molecule has 0 N–H and O–H groups in total. The van der Waals surface area contributed by atoms with Gasteiger partial charge in [0.25, 0.3) is 0 Å². The standard InChI is InChI=1S/C8H9F.C8H8O/c1-6-3-4-8(9)7(2)5-6;1-7(9)8-5-3-2-4-6-8/h3-5H,1-2H3;2-6H,1H3. The molecule has 0 aliphatic heterocycles. The molecule has 0 unspecified atom stereocenters. The molecule has 2 aromatic carbocycles. The fourth-order valence-electron chi connectivity index (χ4n) is 1.47. The zero-order chi connectivity index (χ0) is 13.5. The molecule has 0 saturated heterocycles. The number of rotatable bonds is 1. The van der Waals surface area contributed by atoms with Crippen LogP contribution in [0.2, 0.25) is 0 Å². The van der Waals surface area contributed by atoms with Crippen molar-refractivity contribution in [2.75, 3.05) is 0 Å². The third kappa shape index (κ3) is 4.50. The predicted octanol–water partition coefficient (Wildman–Crippen LogP) is 4.33. The normalized spacial score (nSPS) is 9.33. The van der Waals surface area contributed by atoms with Crippen molar-refractivity contribution in [2.24, 2.45) is 0 Å². The Morgan fingerprint density at radius 2 is 1.61 bits per heavy atom. The monoisotopic (exact) mass is 244 g/mol. The van der Waals surface area contributed by atoms with Crippen molar-refractivity contribution in [3.8, 4) is 0 Å². The second kappa shape index (κ2) is 6.70. The van der Waals surface area contributed by atoms with Crippen LogP contribution in [-0.4, -0.2) is 5.78 Å². The van der Waals surface area contributed by atoms with Gasteiger partial charge >= 0.3 is 0 Å². The number of aryl methyl sites for hydroxylation is 2. The second-order valence-electron chi connectivity index (χ2n) is 4.17. The molecule has 2 aromatic rings. The van der Waals surface area contributed by atoms with Crippen LogP contribution in [0.4, 0.5) is 4.39 Å². The van der Waals surface area contributed by atoms with Crippen LogP contribution in [0, 0.1) is 19.7 Å². The molecule has 0 bridgehead atoms. The number of benzene rings is 2. The zero-order valence-electron chi connectivity index (χ0n) is 10.9. The van der Waals surface area contributed by atoms with Crippen LogP contribution in [0.3, 0.4) is 0 Å². The molecular formula is C16H17FO. The summed E-state index contributed by atoms with van der Waals surface area (Å²) in [6.07, 6.45) is 0. The number of hydrogen-bond acceptors (Lipinski definition) is 1. The Labute approximate surface area is 107 Å². The molecule has 0 aliphatic carbocycles. The van der Waals surface area contributed by atoms with Crippen LogP contribution >= 0.6 is 0 Å². The molecule has 94 valence electrons. The van der Waals surface area contributed by atoms with Crippen molar-refractivity contribution in [2.45, 2.75) is 20.8 Å². The molecule has 0 aliphatic rings. The SMILES string of the molecule is CC(=O)c1ccccc1.Cc1ccc(F)c(C)c1. The molecule has 1 nitrogen and oxygen atoms in total. The number of carbonyl (C=O) groups is 1. The van der Waals surface area contributed by atoms with Crippen molar-refractivity contribution >= 4 is 5.78 Å². The lowest BCUT2D eigenvalue weighted by atomic mass is 10.1. The van der Waals surface area contributed by atoms with Gasteiger partial charge in [-0.15, -0.1) is 0 Å². The topological polar surface area (TPSA) is 17.1 Å². The molecule has 18 heavy (non-hydrogen) atoms. The molecule has 2 rings (SSSR count). The van der Waals surface area contributed by atoms with Gasteiger partial charge in [-0.25, -0.2) is 4.39 Å². The van der Waals surface area contributed by atoms with Gasteiger partial charge in [-0.05, 0) is 32.4 Å². The Bertz CT molecular complexity index is 518. The fourth-order valence-corrected chi connectivity index (χ4v) is 1.47. The number of hydrogen-bond donors (Lipinski definition) is 0. The molecular weight excluding hydrogens is 227 g/mol. The van der Waals surface area contributed by atoms with Crippen LogP contribution in [0.1, 0.15) is 28.4 Å². The summed E-state index contributed by atoms with van der Waals surface area (Å²) in [6.45, 7) is 5.28. The first-order chi connectivity index (χ1) is 8.50. The first-order valence-corrected chi connectivity index (χ1v) is 5.79. The van der Waals surface area contributed by atoms with E-state index in [0.29, 0.717) is 0 Å². The van der Waals surface area contributed by atoms with E-state index in [1.165, 1.54) is 6.07 Å². The molecule has 0 radical (unpaired) electrons. The molecule has 0 amide bonds. The first kappa shape index (κ1) is 14.1. The van der Waals surface area contributed by atoms with Gasteiger partial charge in [-0.3, -0.25) is 4.79 Å². The quantitative estimate of drug-likeness (QED) is 0.682. The Kier molecular flexibility index (Phi) is 5.25. The van der Waals surface area contributed by atoms with E-state index in [0.717, 1.165) is 16.7 Å². The maximum absolute atomic E-state index is 12.5. The summed E-state index contributed by atoms with van der Waals surface area (Å²) in [6, 6.07) is 14.3. The highest BCUT2D eigenvalue weighted by Crippen LogP contribution is 2.07. The van der Waals surface area contributed by atoms with Gasteiger partial charge in [-0.2, -0.15) is 0 Å². The minimum Gasteiger partial charge on any atom is -0.295 e. The lowest BCUT2D eigenvalue weighted by molar-refractivity contribution is 0.101. The van der Waals surface area contributed by atoms with E-state index in [1.54, 1.807) is 19.9 Å². The highest BCUT2D eigenvalue weighted by Gasteiger charge is 1.93. The van der Waals surface area contributed by atoms with Crippen molar-refractivity contribution in [1.82, 2.24) is 0 Å². The highest BCUT2D eigenvalue weighted by molar-refractivity contribution is 5.93. The van der Waals surface area contributed by atoms with Crippen LogP contribution in [0.15, 0.2) is 48.5 Å². The van der Waals surface area contributed by atoms with Gasteiger partial charge in [0.1, 0.15) is 5.82 Å². The smallest absolute Gasteiger partial charge is 0.159 e. The maximum atomic E-state index is 12.5. The van der Waals surface area contributed by atoms with Crippen LogP contribution in [0.5, 0.6) is 0 Å². The zero-order valence-corrected chi connectivity index (χ0v) is 10.9. The molecule has 0 fully saturated rings. The summed E-state index contributed by atoms with van der Waals surface area (Å²) >= 11 is 0. The van der Waals surface area contributed by atoms with Crippen molar-refractivity contribution in [3.63, 3.8) is 0 Å².